The lowest BCUT2D eigenvalue weighted by molar-refractivity contribution is -0.129. The number of pyridine rings is 1. The molecule has 0 aliphatic carbocycles. The summed E-state index contributed by atoms with van der Waals surface area (Å²) in [6, 6.07) is 3.03. The smallest absolute Gasteiger partial charge is 0.250 e. The molecule has 2 N–H and O–H groups in total. The average Bonchev–Trinajstić information content (AvgIpc) is 2.30. The molecule has 1 rings (SSSR count). The Morgan fingerprint density at radius 2 is 2.00 bits per heavy atom. The zero-order valence-corrected chi connectivity index (χ0v) is 11.1. The first-order valence-electron chi connectivity index (χ1n) is 5.75. The van der Waals surface area contributed by atoms with Crippen LogP contribution in [0.4, 0.5) is 5.69 Å². The first-order chi connectivity index (χ1) is 8.40. The van der Waals surface area contributed by atoms with Crippen LogP contribution in [0.2, 0.25) is 0 Å². The second kappa shape index (κ2) is 6.20. The first-order valence-corrected chi connectivity index (χ1v) is 5.75. The monoisotopic (exact) mass is 252 g/mol. The maximum Gasteiger partial charge on any atom is 0.250 e. The molecule has 0 aliphatic rings. The Hall–Kier alpha value is -1.82. The van der Waals surface area contributed by atoms with Crippen molar-refractivity contribution >= 4 is 11.6 Å². The Morgan fingerprint density at radius 1 is 1.33 bits per heavy atom. The molecule has 0 radical (unpaired) electrons. The number of carbonyl (C=O) groups excluding carboxylic acids is 1. The van der Waals surface area contributed by atoms with Crippen molar-refractivity contribution in [2.75, 3.05) is 40.0 Å². The minimum Gasteiger partial charge on any atom is -0.398 e. The number of nitrogens with two attached hydrogens (primary N) is 1. The molecule has 1 aromatic heterocycles. The van der Waals surface area contributed by atoms with E-state index in [9.17, 15) is 9.59 Å². The Morgan fingerprint density at radius 3 is 2.61 bits per heavy atom. The summed E-state index contributed by atoms with van der Waals surface area (Å²) in [5.41, 5.74) is 6.09. The van der Waals surface area contributed by atoms with Crippen LogP contribution >= 0.6 is 0 Å². The van der Waals surface area contributed by atoms with E-state index in [4.69, 9.17) is 5.73 Å². The Labute approximate surface area is 107 Å². The lowest BCUT2D eigenvalue weighted by atomic mass is 10.4. The lowest BCUT2D eigenvalue weighted by Crippen LogP contribution is -2.36. The number of nitrogen functional groups attached to an aromatic ring is 1. The maximum absolute atomic E-state index is 11.5. The number of aromatic nitrogens is 1. The molecule has 1 amide bonds. The van der Waals surface area contributed by atoms with Crippen LogP contribution in [0.15, 0.2) is 23.1 Å². The molecule has 6 nitrogen and oxygen atoms in total. The molecule has 6 heteroatoms. The Kier molecular flexibility index (Phi) is 4.91. The molecule has 0 fully saturated rings. The molecule has 1 aromatic rings. The SMILES string of the molecule is CN(CCn1cc(N)ccc1=O)CC(=O)N(C)C. The molecular formula is C12H20N4O2. The molecule has 0 bridgehead atoms. The second-order valence-electron chi connectivity index (χ2n) is 4.52. The number of hydrogen-bond acceptors (Lipinski definition) is 4. The summed E-state index contributed by atoms with van der Waals surface area (Å²) in [4.78, 5) is 26.4. The Balaban J connectivity index is 2.52. The number of nitrogens with zero attached hydrogens (tertiary/aromatic N) is 3. The van der Waals surface area contributed by atoms with Crippen molar-refractivity contribution in [1.29, 1.82) is 0 Å². The highest BCUT2D eigenvalue weighted by atomic mass is 16.2. The minimum atomic E-state index is -0.0865. The Bertz CT molecular complexity index is 467. The van der Waals surface area contributed by atoms with Gasteiger partial charge in [0.15, 0.2) is 0 Å². The molecule has 0 aromatic carbocycles. The van der Waals surface area contributed by atoms with Crippen LogP contribution in [0.1, 0.15) is 0 Å². The molecule has 0 spiro atoms. The van der Waals surface area contributed by atoms with Gasteiger partial charge in [0, 0.05) is 45.1 Å². The van der Waals surface area contributed by atoms with Crippen molar-refractivity contribution < 1.29 is 4.79 Å². The largest absolute Gasteiger partial charge is 0.398 e. The fourth-order valence-corrected chi connectivity index (χ4v) is 1.45. The highest BCUT2D eigenvalue weighted by Gasteiger charge is 2.08. The van der Waals surface area contributed by atoms with E-state index in [0.717, 1.165) is 0 Å². The summed E-state index contributed by atoms with van der Waals surface area (Å²) >= 11 is 0. The van der Waals surface area contributed by atoms with Gasteiger partial charge in [-0.25, -0.2) is 0 Å². The van der Waals surface area contributed by atoms with Gasteiger partial charge >= 0.3 is 0 Å². The highest BCUT2D eigenvalue weighted by molar-refractivity contribution is 5.77. The number of rotatable bonds is 5. The third kappa shape index (κ3) is 4.21. The van der Waals surface area contributed by atoms with Crippen molar-refractivity contribution in [1.82, 2.24) is 14.4 Å². The number of hydrogen-bond donors (Lipinski definition) is 1. The molecule has 0 saturated carbocycles. The molecule has 0 saturated heterocycles. The van der Waals surface area contributed by atoms with Crippen molar-refractivity contribution in [2.24, 2.45) is 0 Å². The third-order valence-corrected chi connectivity index (χ3v) is 2.63. The van der Waals surface area contributed by atoms with E-state index < -0.39 is 0 Å². The topological polar surface area (TPSA) is 71.6 Å². The van der Waals surface area contributed by atoms with Gasteiger partial charge in [-0.05, 0) is 13.1 Å². The zero-order chi connectivity index (χ0) is 13.7. The standard InChI is InChI=1S/C12H20N4O2/c1-14(2)12(18)9-15(3)6-7-16-8-10(13)4-5-11(16)17/h4-5,8H,6-7,9,13H2,1-3H3. The number of likely N-dealkylation sites (N-methyl/N-ethyl adjacent to an activating group) is 2. The first kappa shape index (κ1) is 14.2. The van der Waals surface area contributed by atoms with E-state index >= 15 is 0 Å². The van der Waals surface area contributed by atoms with Crippen molar-refractivity contribution in [3.8, 4) is 0 Å². The molecule has 1 heterocycles. The van der Waals surface area contributed by atoms with E-state index in [-0.39, 0.29) is 11.5 Å². The normalized spacial score (nSPS) is 10.7. The quantitative estimate of drug-likeness (QED) is 0.763. The molecule has 100 valence electrons. The molecule has 0 aliphatic heterocycles. The summed E-state index contributed by atoms with van der Waals surface area (Å²) in [7, 11) is 5.29. The van der Waals surface area contributed by atoms with E-state index in [1.54, 1.807) is 35.8 Å². The molecular weight excluding hydrogens is 232 g/mol. The van der Waals surface area contributed by atoms with Crippen LogP contribution in [-0.4, -0.2) is 54.5 Å². The predicted octanol–water partition coefficient (Wildman–Crippen LogP) is -0.549. The summed E-state index contributed by atoms with van der Waals surface area (Å²) in [6.07, 6.45) is 1.62. The fraction of sp³-hybridized carbons (Fsp3) is 0.500. The van der Waals surface area contributed by atoms with E-state index in [0.29, 0.717) is 25.3 Å². The van der Waals surface area contributed by atoms with E-state index in [2.05, 4.69) is 0 Å². The number of carbonyl (C=O) groups is 1. The van der Waals surface area contributed by atoms with Crippen molar-refractivity contribution in [3.63, 3.8) is 0 Å². The summed E-state index contributed by atoms with van der Waals surface area (Å²) in [6.45, 7) is 1.47. The van der Waals surface area contributed by atoms with Crippen molar-refractivity contribution in [3.05, 3.63) is 28.7 Å². The van der Waals surface area contributed by atoms with Gasteiger partial charge in [-0.2, -0.15) is 0 Å². The van der Waals surface area contributed by atoms with Crippen LogP contribution in [0.3, 0.4) is 0 Å². The van der Waals surface area contributed by atoms with E-state index in [1.807, 2.05) is 11.9 Å². The third-order valence-electron chi connectivity index (χ3n) is 2.63. The predicted molar refractivity (Wildman–Crippen MR) is 71.3 cm³/mol. The minimum absolute atomic E-state index is 0.0393. The van der Waals surface area contributed by atoms with Gasteiger partial charge in [-0.3, -0.25) is 14.5 Å². The molecule has 0 unspecified atom stereocenters. The van der Waals surface area contributed by atoms with Gasteiger partial charge in [0.1, 0.15) is 0 Å². The average molecular weight is 252 g/mol. The van der Waals surface area contributed by atoms with Gasteiger partial charge in [0.2, 0.25) is 5.91 Å². The van der Waals surface area contributed by atoms with Crippen LogP contribution in [0.5, 0.6) is 0 Å². The van der Waals surface area contributed by atoms with Gasteiger partial charge in [0.25, 0.3) is 5.56 Å². The van der Waals surface area contributed by atoms with Gasteiger partial charge in [-0.15, -0.1) is 0 Å². The van der Waals surface area contributed by atoms with Crippen LogP contribution in [0.25, 0.3) is 0 Å². The molecule has 18 heavy (non-hydrogen) atoms. The van der Waals surface area contributed by atoms with E-state index in [1.165, 1.54) is 6.07 Å². The summed E-state index contributed by atoms with van der Waals surface area (Å²) < 4.78 is 1.55. The fourth-order valence-electron chi connectivity index (χ4n) is 1.45. The number of amides is 1. The van der Waals surface area contributed by atoms with Crippen LogP contribution in [-0.2, 0) is 11.3 Å². The van der Waals surface area contributed by atoms with Gasteiger partial charge in [-0.1, -0.05) is 0 Å². The van der Waals surface area contributed by atoms with Crippen LogP contribution < -0.4 is 11.3 Å². The zero-order valence-electron chi connectivity index (χ0n) is 11.1. The maximum atomic E-state index is 11.5. The summed E-state index contributed by atoms with van der Waals surface area (Å²) in [5.74, 6) is 0.0393. The second-order valence-corrected chi connectivity index (χ2v) is 4.52. The van der Waals surface area contributed by atoms with Crippen molar-refractivity contribution in [2.45, 2.75) is 6.54 Å². The molecule has 0 atom stereocenters. The highest BCUT2D eigenvalue weighted by Crippen LogP contribution is 1.96. The lowest BCUT2D eigenvalue weighted by Gasteiger charge is -2.19. The van der Waals surface area contributed by atoms with Gasteiger partial charge in [0.05, 0.1) is 6.54 Å². The summed E-state index contributed by atoms with van der Waals surface area (Å²) in [5, 5.41) is 0. The van der Waals surface area contributed by atoms with Crippen LogP contribution in [0, 0.1) is 0 Å². The number of anilines is 1. The van der Waals surface area contributed by atoms with Gasteiger partial charge < -0.3 is 15.2 Å².